The van der Waals surface area contributed by atoms with Crippen LogP contribution in [0.15, 0.2) is 79.0 Å². The highest BCUT2D eigenvalue weighted by Gasteiger charge is 2.36. The summed E-state index contributed by atoms with van der Waals surface area (Å²) in [5.74, 6) is -1.60. The van der Waals surface area contributed by atoms with Crippen molar-refractivity contribution in [3.8, 4) is 17.6 Å². The molecule has 238 valence electrons. The molecule has 4 N–H and O–H groups in total. The summed E-state index contributed by atoms with van der Waals surface area (Å²) >= 11 is 0. The number of carbonyl (C=O) groups excluding carboxylic acids is 2. The van der Waals surface area contributed by atoms with Crippen LogP contribution in [0, 0.1) is 23.1 Å². The molecule has 5 aromatic rings. The van der Waals surface area contributed by atoms with Crippen molar-refractivity contribution < 1.29 is 31.9 Å². The second-order valence-corrected chi connectivity index (χ2v) is 11.0. The third-order valence-electron chi connectivity index (χ3n) is 7.62. The summed E-state index contributed by atoms with van der Waals surface area (Å²) in [5.41, 5.74) is 4.68. The van der Waals surface area contributed by atoms with Gasteiger partial charge in [0.25, 0.3) is 5.91 Å². The maximum Gasteiger partial charge on any atom is 0.435 e. The fraction of sp³-hybridized carbons (Fsp3) is 0.182. The molecule has 14 heteroatoms. The molecule has 1 saturated carbocycles. The Morgan fingerprint density at radius 3 is 2.57 bits per heavy atom. The molecular formula is C33H25F4N7O3. The van der Waals surface area contributed by atoms with Gasteiger partial charge in [-0.15, -0.1) is 0 Å². The predicted molar refractivity (Wildman–Crippen MR) is 162 cm³/mol. The minimum Gasteiger partial charge on any atom is -0.391 e. The molecule has 0 radical (unpaired) electrons. The molecular weight excluding hydrogens is 618 g/mol. The number of rotatable bonds is 9. The van der Waals surface area contributed by atoms with Gasteiger partial charge in [0.15, 0.2) is 5.69 Å². The van der Waals surface area contributed by atoms with Crippen LogP contribution in [0.4, 0.5) is 28.0 Å². The van der Waals surface area contributed by atoms with Gasteiger partial charge < -0.3 is 21.1 Å². The van der Waals surface area contributed by atoms with E-state index in [0.29, 0.717) is 35.0 Å². The van der Waals surface area contributed by atoms with Gasteiger partial charge in [0, 0.05) is 17.6 Å². The fourth-order valence-corrected chi connectivity index (χ4v) is 5.14. The summed E-state index contributed by atoms with van der Waals surface area (Å²) in [6.45, 7) is 0.674. The van der Waals surface area contributed by atoms with Crippen LogP contribution in [0.5, 0.6) is 5.88 Å². The lowest BCUT2D eigenvalue weighted by Crippen LogP contribution is -2.25. The van der Waals surface area contributed by atoms with Crippen LogP contribution < -0.4 is 21.1 Å². The zero-order valence-electron chi connectivity index (χ0n) is 24.4. The number of anilines is 1. The number of nitrogens with two attached hydrogens (primary N) is 1. The number of alkyl halides is 3. The molecule has 2 aromatic heterocycles. The second kappa shape index (κ2) is 12.5. The number of ether oxygens (including phenoxy) is 1. The molecule has 0 saturated heterocycles. The van der Waals surface area contributed by atoms with Gasteiger partial charge in [-0.2, -0.15) is 23.5 Å². The third kappa shape index (κ3) is 6.90. The van der Waals surface area contributed by atoms with Gasteiger partial charge in [0.2, 0.25) is 5.88 Å². The number of hydrogen-bond donors (Lipinski definition) is 3. The molecule has 1 aliphatic carbocycles. The smallest absolute Gasteiger partial charge is 0.391 e. The van der Waals surface area contributed by atoms with Crippen molar-refractivity contribution in [3.05, 3.63) is 113 Å². The van der Waals surface area contributed by atoms with E-state index in [1.54, 1.807) is 24.3 Å². The maximum absolute atomic E-state index is 15.2. The van der Waals surface area contributed by atoms with Crippen LogP contribution in [-0.2, 0) is 6.18 Å². The zero-order valence-corrected chi connectivity index (χ0v) is 24.4. The normalized spacial score (nSPS) is 13.6. The Morgan fingerprint density at radius 2 is 1.85 bits per heavy atom. The minimum absolute atomic E-state index is 0.00333. The Bertz CT molecular complexity index is 2050. The predicted octanol–water partition coefficient (Wildman–Crippen LogP) is 6.25. The Hall–Kier alpha value is -5.81. The van der Waals surface area contributed by atoms with E-state index >= 15 is 4.39 Å². The van der Waals surface area contributed by atoms with E-state index < -0.39 is 41.4 Å². The minimum atomic E-state index is -4.91. The number of halogens is 4. The molecule has 1 aliphatic rings. The van der Waals surface area contributed by atoms with Crippen LogP contribution in [0.1, 0.15) is 51.8 Å². The van der Waals surface area contributed by atoms with Gasteiger partial charge in [-0.25, -0.2) is 18.9 Å². The SMILES string of the molecule is N#Cc1cccc(C(NCC2CC2)c2ccc(F)c(NC(=O)c3cc(C(F)(F)F)nn3-c3ccc4ccnc(OC(N)=O)c4c3)c2)c1. The summed E-state index contributed by atoms with van der Waals surface area (Å²) in [6, 6.07) is 19.0. The van der Waals surface area contributed by atoms with E-state index in [2.05, 4.69) is 26.8 Å². The molecule has 47 heavy (non-hydrogen) atoms. The lowest BCUT2D eigenvalue weighted by molar-refractivity contribution is -0.141. The number of benzene rings is 3. The van der Waals surface area contributed by atoms with Gasteiger partial charge in [0.05, 0.1) is 29.0 Å². The van der Waals surface area contributed by atoms with Crippen molar-refractivity contribution in [2.45, 2.75) is 25.1 Å². The molecule has 2 heterocycles. The molecule has 0 bridgehead atoms. The highest BCUT2D eigenvalue weighted by Crippen LogP contribution is 2.34. The molecule has 1 unspecified atom stereocenters. The standard InChI is InChI=1S/C33H25F4N7O3/c34-25-9-7-22(29(41-17-18-4-5-18)21-3-1-2-19(12-21)16-38)13-26(25)42-30(45)27-15-28(33(35,36)37)43-44(27)23-8-6-20-10-11-40-31(24(20)14-23)47-32(39)46/h1-3,6-15,18,29,41H,4-5,17H2,(H2,39,46)(H,42,45). The first-order chi connectivity index (χ1) is 22.5. The van der Waals surface area contributed by atoms with Crippen LogP contribution in [0.2, 0.25) is 0 Å². The monoisotopic (exact) mass is 643 g/mol. The van der Waals surface area contributed by atoms with Crippen LogP contribution in [-0.4, -0.2) is 33.3 Å². The van der Waals surface area contributed by atoms with Crippen molar-refractivity contribution in [2.75, 3.05) is 11.9 Å². The number of aromatic nitrogens is 3. The number of fused-ring (bicyclic) bond motifs is 1. The Labute approximate surface area is 264 Å². The van der Waals surface area contributed by atoms with Crippen molar-refractivity contribution in [3.63, 3.8) is 0 Å². The van der Waals surface area contributed by atoms with E-state index in [-0.39, 0.29) is 22.6 Å². The number of carbonyl (C=O) groups is 2. The van der Waals surface area contributed by atoms with Crippen molar-refractivity contribution >= 4 is 28.5 Å². The number of hydrogen-bond acceptors (Lipinski definition) is 7. The number of nitrogens with one attached hydrogen (secondary N) is 2. The molecule has 0 aliphatic heterocycles. The van der Waals surface area contributed by atoms with Crippen LogP contribution in [0.25, 0.3) is 16.5 Å². The van der Waals surface area contributed by atoms with E-state index in [0.717, 1.165) is 29.2 Å². The van der Waals surface area contributed by atoms with Gasteiger partial charge >= 0.3 is 12.3 Å². The Balaban J connectivity index is 1.37. The lowest BCUT2D eigenvalue weighted by Gasteiger charge is -2.21. The lowest BCUT2D eigenvalue weighted by atomic mass is 9.96. The summed E-state index contributed by atoms with van der Waals surface area (Å²) in [7, 11) is 0. The van der Waals surface area contributed by atoms with Gasteiger partial charge in [-0.1, -0.05) is 24.3 Å². The average molecular weight is 644 g/mol. The first-order valence-corrected chi connectivity index (χ1v) is 14.4. The second-order valence-electron chi connectivity index (χ2n) is 11.0. The summed E-state index contributed by atoms with van der Waals surface area (Å²) < 4.78 is 62.3. The number of amides is 2. The van der Waals surface area contributed by atoms with Crippen LogP contribution in [0.3, 0.4) is 0 Å². The number of primary amides is 1. The van der Waals surface area contributed by atoms with E-state index in [1.807, 2.05) is 6.07 Å². The van der Waals surface area contributed by atoms with E-state index in [9.17, 15) is 28.0 Å². The van der Waals surface area contributed by atoms with Crippen molar-refractivity contribution in [1.82, 2.24) is 20.1 Å². The molecule has 10 nitrogen and oxygen atoms in total. The van der Waals surface area contributed by atoms with Crippen molar-refractivity contribution in [1.29, 1.82) is 5.26 Å². The summed E-state index contributed by atoms with van der Waals surface area (Å²) in [5, 5.41) is 19.6. The molecule has 0 spiro atoms. The highest BCUT2D eigenvalue weighted by molar-refractivity contribution is 6.04. The Morgan fingerprint density at radius 1 is 1.06 bits per heavy atom. The molecule has 1 atom stereocenters. The van der Waals surface area contributed by atoms with Gasteiger partial charge in [-0.3, -0.25) is 4.79 Å². The average Bonchev–Trinajstić information content (AvgIpc) is 3.75. The van der Waals surface area contributed by atoms with Crippen LogP contribution >= 0.6 is 0 Å². The number of nitriles is 1. The molecule has 1 fully saturated rings. The number of nitrogens with zero attached hydrogens (tertiary/aromatic N) is 4. The highest BCUT2D eigenvalue weighted by atomic mass is 19.4. The maximum atomic E-state index is 15.2. The molecule has 2 amide bonds. The van der Waals surface area contributed by atoms with Gasteiger partial charge in [-0.05, 0) is 84.3 Å². The van der Waals surface area contributed by atoms with E-state index in [1.165, 1.54) is 36.5 Å². The topological polar surface area (TPSA) is 148 Å². The van der Waals surface area contributed by atoms with E-state index in [4.69, 9.17) is 10.5 Å². The summed E-state index contributed by atoms with van der Waals surface area (Å²) in [4.78, 5) is 28.9. The first-order valence-electron chi connectivity index (χ1n) is 14.4. The third-order valence-corrected chi connectivity index (χ3v) is 7.62. The van der Waals surface area contributed by atoms with Crippen molar-refractivity contribution in [2.24, 2.45) is 11.7 Å². The molecule has 6 rings (SSSR count). The fourth-order valence-electron chi connectivity index (χ4n) is 5.14. The quantitative estimate of drug-likeness (QED) is 0.161. The Kier molecular flexibility index (Phi) is 8.31. The number of pyridine rings is 1. The van der Waals surface area contributed by atoms with Gasteiger partial charge in [0.1, 0.15) is 11.5 Å². The summed E-state index contributed by atoms with van der Waals surface area (Å²) in [6.07, 6.45) is -2.57. The molecule has 3 aromatic carbocycles. The zero-order chi connectivity index (χ0) is 33.3. The first kappa shape index (κ1) is 31.2. The largest absolute Gasteiger partial charge is 0.435 e.